The largest absolute Gasteiger partial charge is 0.370 e. The Morgan fingerprint density at radius 3 is 2.56 bits per heavy atom. The monoisotopic (exact) mass is 228 g/mol. The van der Waals surface area contributed by atoms with Gasteiger partial charge in [-0.2, -0.15) is 0 Å². The summed E-state index contributed by atoms with van der Waals surface area (Å²) in [5, 5.41) is 0. The zero-order valence-electron chi connectivity index (χ0n) is 10.4. The highest BCUT2D eigenvalue weighted by molar-refractivity contribution is 5.77. The summed E-state index contributed by atoms with van der Waals surface area (Å²) in [6.07, 6.45) is 4.71. The van der Waals surface area contributed by atoms with Crippen molar-refractivity contribution in [3.05, 3.63) is 0 Å². The molecule has 1 fully saturated rings. The summed E-state index contributed by atoms with van der Waals surface area (Å²) >= 11 is 0. The molecule has 16 heavy (non-hydrogen) atoms. The molecular formula is C12H24N2O2. The Labute approximate surface area is 98.1 Å². The van der Waals surface area contributed by atoms with Crippen LogP contribution >= 0.6 is 0 Å². The topological polar surface area (TPSA) is 55.6 Å². The molecule has 1 aliphatic carbocycles. The summed E-state index contributed by atoms with van der Waals surface area (Å²) in [4.78, 5) is 13.6. The maximum atomic E-state index is 11.8. The standard InChI is InChI=1S/C12H24N2O2/c1-10-3-5-11(6-4-10)14(2)12(15)9-16-8-7-13/h10-11H,3-9,13H2,1-2H3. The summed E-state index contributed by atoms with van der Waals surface area (Å²) in [5.74, 6) is 0.890. The SMILES string of the molecule is CC1CCC(N(C)C(=O)COCCN)CC1. The molecule has 1 rings (SSSR count). The summed E-state index contributed by atoms with van der Waals surface area (Å²) in [6, 6.07) is 0.408. The highest BCUT2D eigenvalue weighted by atomic mass is 16.5. The van der Waals surface area contributed by atoms with Crippen molar-refractivity contribution in [2.75, 3.05) is 26.8 Å². The number of hydrogen-bond donors (Lipinski definition) is 1. The van der Waals surface area contributed by atoms with Gasteiger partial charge in [-0.15, -0.1) is 0 Å². The molecule has 0 radical (unpaired) electrons. The molecule has 0 spiro atoms. The van der Waals surface area contributed by atoms with Crippen LogP contribution in [0.15, 0.2) is 0 Å². The second kappa shape index (κ2) is 6.86. The third-order valence-electron chi connectivity index (χ3n) is 3.41. The lowest BCUT2D eigenvalue weighted by Gasteiger charge is -2.33. The van der Waals surface area contributed by atoms with Crippen molar-refractivity contribution in [1.82, 2.24) is 4.90 Å². The van der Waals surface area contributed by atoms with E-state index in [9.17, 15) is 4.79 Å². The second-order valence-electron chi connectivity index (χ2n) is 4.76. The van der Waals surface area contributed by atoms with Gasteiger partial charge in [0.25, 0.3) is 0 Å². The molecule has 2 N–H and O–H groups in total. The fraction of sp³-hybridized carbons (Fsp3) is 0.917. The van der Waals surface area contributed by atoms with E-state index in [0.717, 1.165) is 18.8 Å². The molecular weight excluding hydrogens is 204 g/mol. The Balaban J connectivity index is 2.27. The highest BCUT2D eigenvalue weighted by Crippen LogP contribution is 2.26. The molecule has 0 aromatic carbocycles. The zero-order chi connectivity index (χ0) is 12.0. The van der Waals surface area contributed by atoms with E-state index in [1.54, 1.807) is 0 Å². The number of rotatable bonds is 5. The van der Waals surface area contributed by atoms with Crippen LogP contribution in [-0.2, 0) is 9.53 Å². The van der Waals surface area contributed by atoms with E-state index in [2.05, 4.69) is 6.92 Å². The third-order valence-corrected chi connectivity index (χ3v) is 3.41. The predicted molar refractivity (Wildman–Crippen MR) is 64.1 cm³/mol. The van der Waals surface area contributed by atoms with E-state index in [1.165, 1.54) is 12.8 Å². The highest BCUT2D eigenvalue weighted by Gasteiger charge is 2.24. The molecule has 0 aromatic heterocycles. The van der Waals surface area contributed by atoms with Crippen LogP contribution in [0.3, 0.4) is 0 Å². The molecule has 0 aromatic rings. The molecule has 0 heterocycles. The van der Waals surface area contributed by atoms with Crippen LogP contribution in [0.25, 0.3) is 0 Å². The maximum absolute atomic E-state index is 11.8. The summed E-state index contributed by atoms with van der Waals surface area (Å²) in [5.41, 5.74) is 5.30. The molecule has 0 saturated heterocycles. The first kappa shape index (κ1) is 13.5. The second-order valence-corrected chi connectivity index (χ2v) is 4.76. The van der Waals surface area contributed by atoms with Gasteiger partial charge >= 0.3 is 0 Å². The smallest absolute Gasteiger partial charge is 0.248 e. The lowest BCUT2D eigenvalue weighted by molar-refractivity contribution is -0.137. The van der Waals surface area contributed by atoms with E-state index in [0.29, 0.717) is 19.2 Å². The fourth-order valence-electron chi connectivity index (χ4n) is 2.18. The average molecular weight is 228 g/mol. The molecule has 0 aliphatic heterocycles. The van der Waals surface area contributed by atoms with Gasteiger partial charge in [0.1, 0.15) is 6.61 Å². The normalized spacial score (nSPS) is 25.4. The average Bonchev–Trinajstić information content (AvgIpc) is 2.29. The number of nitrogens with zero attached hydrogens (tertiary/aromatic N) is 1. The molecule has 4 heteroatoms. The van der Waals surface area contributed by atoms with Crippen molar-refractivity contribution in [3.8, 4) is 0 Å². The van der Waals surface area contributed by atoms with Crippen molar-refractivity contribution in [1.29, 1.82) is 0 Å². The maximum Gasteiger partial charge on any atom is 0.248 e. The van der Waals surface area contributed by atoms with Crippen molar-refractivity contribution >= 4 is 5.91 Å². The fourth-order valence-corrected chi connectivity index (χ4v) is 2.18. The van der Waals surface area contributed by atoms with Crippen molar-refractivity contribution in [2.24, 2.45) is 11.7 Å². The predicted octanol–water partition coefficient (Wildman–Crippen LogP) is 0.999. The van der Waals surface area contributed by atoms with Gasteiger partial charge in [0, 0.05) is 19.6 Å². The van der Waals surface area contributed by atoms with E-state index in [-0.39, 0.29) is 12.5 Å². The minimum Gasteiger partial charge on any atom is -0.370 e. The number of ether oxygens (including phenoxy) is 1. The molecule has 1 saturated carbocycles. The van der Waals surface area contributed by atoms with Gasteiger partial charge in [0.15, 0.2) is 0 Å². The van der Waals surface area contributed by atoms with Crippen LogP contribution in [0.4, 0.5) is 0 Å². The molecule has 1 aliphatic rings. The van der Waals surface area contributed by atoms with Crippen molar-refractivity contribution < 1.29 is 9.53 Å². The van der Waals surface area contributed by atoms with Crippen molar-refractivity contribution in [2.45, 2.75) is 38.6 Å². The van der Waals surface area contributed by atoms with Crippen LogP contribution < -0.4 is 5.73 Å². The van der Waals surface area contributed by atoms with Gasteiger partial charge in [0.05, 0.1) is 6.61 Å². The van der Waals surface area contributed by atoms with Crippen LogP contribution in [0.5, 0.6) is 0 Å². The molecule has 4 nitrogen and oxygen atoms in total. The molecule has 0 bridgehead atoms. The first-order valence-electron chi connectivity index (χ1n) is 6.18. The van der Waals surface area contributed by atoms with E-state index in [4.69, 9.17) is 10.5 Å². The molecule has 0 unspecified atom stereocenters. The first-order chi connectivity index (χ1) is 7.65. The van der Waals surface area contributed by atoms with E-state index >= 15 is 0 Å². The quantitative estimate of drug-likeness (QED) is 0.714. The Bertz CT molecular complexity index is 213. The van der Waals surface area contributed by atoms with Gasteiger partial charge in [-0.3, -0.25) is 4.79 Å². The molecule has 1 amide bonds. The van der Waals surface area contributed by atoms with Crippen molar-refractivity contribution in [3.63, 3.8) is 0 Å². The lowest BCUT2D eigenvalue weighted by Crippen LogP contribution is -2.41. The Hall–Kier alpha value is -0.610. The minimum atomic E-state index is 0.0769. The number of likely N-dealkylation sites (N-methyl/N-ethyl adjacent to an activating group) is 1. The van der Waals surface area contributed by atoms with Gasteiger partial charge < -0.3 is 15.4 Å². The van der Waals surface area contributed by atoms with Gasteiger partial charge in [-0.1, -0.05) is 6.92 Å². The number of hydrogen-bond acceptors (Lipinski definition) is 3. The number of amides is 1. The van der Waals surface area contributed by atoms with E-state index < -0.39 is 0 Å². The Morgan fingerprint density at radius 1 is 1.38 bits per heavy atom. The number of carbonyl (C=O) groups is 1. The molecule has 0 atom stereocenters. The van der Waals surface area contributed by atoms with Crippen LogP contribution in [0, 0.1) is 5.92 Å². The first-order valence-corrected chi connectivity index (χ1v) is 6.18. The van der Waals surface area contributed by atoms with Gasteiger partial charge in [0.2, 0.25) is 5.91 Å². The van der Waals surface area contributed by atoms with Gasteiger partial charge in [-0.05, 0) is 31.6 Å². The zero-order valence-corrected chi connectivity index (χ0v) is 10.4. The van der Waals surface area contributed by atoms with Crippen LogP contribution in [0.1, 0.15) is 32.6 Å². The summed E-state index contributed by atoms with van der Waals surface area (Å²) in [7, 11) is 1.88. The van der Waals surface area contributed by atoms with Gasteiger partial charge in [-0.25, -0.2) is 0 Å². The summed E-state index contributed by atoms with van der Waals surface area (Å²) < 4.78 is 5.16. The Morgan fingerprint density at radius 2 is 2.00 bits per heavy atom. The van der Waals surface area contributed by atoms with Crippen LogP contribution in [-0.4, -0.2) is 43.7 Å². The lowest BCUT2D eigenvalue weighted by atomic mass is 9.87. The molecule has 94 valence electrons. The minimum absolute atomic E-state index is 0.0769. The Kier molecular flexibility index (Phi) is 5.77. The third kappa shape index (κ3) is 4.10. The summed E-state index contributed by atoms with van der Waals surface area (Å²) in [6.45, 7) is 3.38. The number of nitrogens with two attached hydrogens (primary N) is 1. The number of carbonyl (C=O) groups excluding carboxylic acids is 1. The van der Waals surface area contributed by atoms with E-state index in [1.807, 2.05) is 11.9 Å². The van der Waals surface area contributed by atoms with Crippen LogP contribution in [0.2, 0.25) is 0 Å².